The molecule has 0 aliphatic carbocycles. The fourth-order valence-corrected chi connectivity index (χ4v) is 3.42. The highest BCUT2D eigenvalue weighted by Gasteiger charge is 2.27. The summed E-state index contributed by atoms with van der Waals surface area (Å²) in [5.74, 6) is -0.259. The molecule has 2 rings (SSSR count). The SMILES string of the molecule is CC[C@@H](C)N(C(=O)Cn1c(=O)c(C#N)c2n(c1=O)CCC2)[C@H](C)CC. The van der Waals surface area contributed by atoms with Gasteiger partial charge in [0.1, 0.15) is 18.2 Å². The summed E-state index contributed by atoms with van der Waals surface area (Å²) in [4.78, 5) is 39.8. The Balaban J connectivity index is 2.47. The van der Waals surface area contributed by atoms with Crippen LogP contribution in [0.25, 0.3) is 0 Å². The summed E-state index contributed by atoms with van der Waals surface area (Å²) in [6, 6.07) is 1.95. The van der Waals surface area contributed by atoms with E-state index < -0.39 is 11.2 Å². The van der Waals surface area contributed by atoms with E-state index in [-0.39, 0.29) is 30.1 Å². The highest BCUT2D eigenvalue weighted by Crippen LogP contribution is 2.15. The number of nitrogens with zero attached hydrogens (tertiary/aromatic N) is 4. The van der Waals surface area contributed by atoms with Gasteiger partial charge in [0.15, 0.2) is 0 Å². The molecule has 136 valence electrons. The molecule has 1 aliphatic heterocycles. The third kappa shape index (κ3) is 3.39. The lowest BCUT2D eigenvalue weighted by atomic mass is 10.1. The van der Waals surface area contributed by atoms with Gasteiger partial charge in [-0.25, -0.2) is 9.36 Å². The molecule has 1 aliphatic rings. The summed E-state index contributed by atoms with van der Waals surface area (Å²) >= 11 is 0. The minimum absolute atomic E-state index is 0.0106. The van der Waals surface area contributed by atoms with Gasteiger partial charge in [-0.2, -0.15) is 5.26 Å². The van der Waals surface area contributed by atoms with Crippen LogP contribution >= 0.6 is 0 Å². The topological polar surface area (TPSA) is 88.1 Å². The van der Waals surface area contributed by atoms with Crippen molar-refractivity contribution in [3.63, 3.8) is 0 Å². The maximum Gasteiger partial charge on any atom is 0.331 e. The summed E-state index contributed by atoms with van der Waals surface area (Å²) in [6.45, 7) is 8.08. The molecule has 1 aromatic heterocycles. The average molecular weight is 346 g/mol. The Hall–Kier alpha value is -2.36. The second kappa shape index (κ2) is 7.68. The standard InChI is InChI=1S/C18H26N4O3/c1-5-12(3)22(13(4)6-2)16(23)11-21-17(24)14(10-19)15-8-7-9-20(15)18(21)25/h12-13H,5-9,11H2,1-4H3/t12-,13-/m1/s1. The molecule has 25 heavy (non-hydrogen) atoms. The zero-order valence-corrected chi connectivity index (χ0v) is 15.4. The number of aromatic nitrogens is 2. The molecular formula is C18H26N4O3. The predicted molar refractivity (Wildman–Crippen MR) is 94.4 cm³/mol. The highest BCUT2D eigenvalue weighted by molar-refractivity contribution is 5.76. The molecule has 7 nitrogen and oxygen atoms in total. The lowest BCUT2D eigenvalue weighted by molar-refractivity contribution is -0.136. The zero-order chi connectivity index (χ0) is 18.7. The van der Waals surface area contributed by atoms with Gasteiger partial charge in [-0.3, -0.25) is 14.2 Å². The van der Waals surface area contributed by atoms with E-state index >= 15 is 0 Å². The fourth-order valence-electron chi connectivity index (χ4n) is 3.42. The number of hydrogen-bond donors (Lipinski definition) is 0. The molecule has 0 saturated heterocycles. The molecular weight excluding hydrogens is 320 g/mol. The van der Waals surface area contributed by atoms with E-state index in [0.29, 0.717) is 18.7 Å². The number of carbonyl (C=O) groups excluding carboxylic acids is 1. The van der Waals surface area contributed by atoms with E-state index in [0.717, 1.165) is 23.8 Å². The smallest absolute Gasteiger partial charge is 0.331 e. The lowest BCUT2D eigenvalue weighted by Gasteiger charge is -2.34. The summed E-state index contributed by atoms with van der Waals surface area (Å²) in [5.41, 5.74) is -0.647. The molecule has 2 heterocycles. The van der Waals surface area contributed by atoms with Gasteiger partial charge in [-0.15, -0.1) is 0 Å². The minimum Gasteiger partial charge on any atom is -0.336 e. The first-order valence-corrected chi connectivity index (χ1v) is 8.95. The molecule has 2 atom stereocenters. The maximum atomic E-state index is 12.9. The highest BCUT2D eigenvalue weighted by atomic mass is 16.2. The number of amides is 1. The maximum absolute atomic E-state index is 12.9. The van der Waals surface area contributed by atoms with Gasteiger partial charge in [0, 0.05) is 24.3 Å². The Morgan fingerprint density at radius 2 is 1.84 bits per heavy atom. The van der Waals surface area contributed by atoms with Crippen LogP contribution in [0.3, 0.4) is 0 Å². The summed E-state index contributed by atoms with van der Waals surface area (Å²) in [7, 11) is 0. The van der Waals surface area contributed by atoms with Crippen LogP contribution in [0.4, 0.5) is 0 Å². The zero-order valence-electron chi connectivity index (χ0n) is 15.4. The van der Waals surface area contributed by atoms with Crippen LogP contribution in [0.2, 0.25) is 0 Å². The number of nitriles is 1. The van der Waals surface area contributed by atoms with E-state index in [1.807, 2.05) is 33.8 Å². The van der Waals surface area contributed by atoms with Gasteiger partial charge in [0.05, 0.1) is 0 Å². The quantitative estimate of drug-likeness (QED) is 0.775. The number of fused-ring (bicyclic) bond motifs is 1. The molecule has 0 radical (unpaired) electrons. The Morgan fingerprint density at radius 3 is 2.36 bits per heavy atom. The summed E-state index contributed by atoms with van der Waals surface area (Å²) in [5, 5.41) is 9.32. The molecule has 0 spiro atoms. The predicted octanol–water partition coefficient (Wildman–Crippen LogP) is 1.25. The van der Waals surface area contributed by atoms with Crippen molar-refractivity contribution >= 4 is 5.91 Å². The van der Waals surface area contributed by atoms with Gasteiger partial charge in [0.2, 0.25) is 5.91 Å². The number of rotatable bonds is 6. The van der Waals surface area contributed by atoms with E-state index in [2.05, 4.69) is 0 Å². The second-order valence-corrected chi connectivity index (χ2v) is 6.68. The monoisotopic (exact) mass is 346 g/mol. The van der Waals surface area contributed by atoms with Crippen molar-refractivity contribution < 1.29 is 4.79 Å². The molecule has 0 unspecified atom stereocenters. The Kier molecular flexibility index (Phi) is 5.83. The molecule has 0 fully saturated rings. The molecule has 0 N–H and O–H groups in total. The van der Waals surface area contributed by atoms with Gasteiger partial charge >= 0.3 is 5.69 Å². The molecule has 0 saturated carbocycles. The third-order valence-corrected chi connectivity index (χ3v) is 5.16. The van der Waals surface area contributed by atoms with Gasteiger partial charge in [-0.05, 0) is 39.5 Å². The van der Waals surface area contributed by atoms with Crippen molar-refractivity contribution in [2.75, 3.05) is 0 Å². The van der Waals surface area contributed by atoms with Gasteiger partial charge in [-0.1, -0.05) is 13.8 Å². The largest absolute Gasteiger partial charge is 0.336 e. The average Bonchev–Trinajstić information content (AvgIpc) is 3.08. The van der Waals surface area contributed by atoms with E-state index in [1.54, 1.807) is 4.90 Å². The minimum atomic E-state index is -0.651. The van der Waals surface area contributed by atoms with Crippen LogP contribution in [0.15, 0.2) is 9.59 Å². The molecule has 7 heteroatoms. The molecule has 1 amide bonds. The fraction of sp³-hybridized carbons (Fsp3) is 0.667. The molecule has 0 aromatic carbocycles. The third-order valence-electron chi connectivity index (χ3n) is 5.16. The number of carbonyl (C=O) groups is 1. The lowest BCUT2D eigenvalue weighted by Crippen LogP contribution is -2.50. The van der Waals surface area contributed by atoms with E-state index in [9.17, 15) is 19.6 Å². The van der Waals surface area contributed by atoms with Crippen LogP contribution in [0.1, 0.15) is 58.2 Å². The number of hydrogen-bond acceptors (Lipinski definition) is 4. The van der Waals surface area contributed by atoms with Crippen LogP contribution in [0, 0.1) is 11.3 Å². The van der Waals surface area contributed by atoms with Gasteiger partial charge < -0.3 is 4.90 Å². The van der Waals surface area contributed by atoms with Crippen molar-refractivity contribution in [3.05, 3.63) is 32.1 Å². The normalized spacial score (nSPS) is 15.3. The van der Waals surface area contributed by atoms with E-state index in [4.69, 9.17) is 0 Å². The van der Waals surface area contributed by atoms with Crippen LogP contribution in [-0.4, -0.2) is 32.0 Å². The first-order chi connectivity index (χ1) is 11.9. The van der Waals surface area contributed by atoms with Crippen LogP contribution < -0.4 is 11.2 Å². The van der Waals surface area contributed by atoms with Crippen molar-refractivity contribution in [2.45, 2.75) is 78.6 Å². The van der Waals surface area contributed by atoms with Crippen molar-refractivity contribution in [3.8, 4) is 6.07 Å². The van der Waals surface area contributed by atoms with Crippen LogP contribution in [0.5, 0.6) is 0 Å². The first-order valence-electron chi connectivity index (χ1n) is 8.95. The van der Waals surface area contributed by atoms with E-state index in [1.165, 1.54) is 4.57 Å². The van der Waals surface area contributed by atoms with Crippen molar-refractivity contribution in [2.24, 2.45) is 0 Å². The Bertz CT molecular complexity index is 805. The molecule has 1 aromatic rings. The Labute approximate surface area is 147 Å². The first kappa shape index (κ1) is 19.0. The second-order valence-electron chi connectivity index (χ2n) is 6.68. The Morgan fingerprint density at radius 1 is 1.24 bits per heavy atom. The van der Waals surface area contributed by atoms with Crippen LogP contribution in [-0.2, 0) is 24.3 Å². The van der Waals surface area contributed by atoms with Crippen molar-refractivity contribution in [1.82, 2.24) is 14.0 Å². The summed E-state index contributed by atoms with van der Waals surface area (Å²) < 4.78 is 2.39. The van der Waals surface area contributed by atoms with Crippen molar-refractivity contribution in [1.29, 1.82) is 5.26 Å². The van der Waals surface area contributed by atoms with Gasteiger partial charge in [0.25, 0.3) is 5.56 Å². The molecule has 0 bridgehead atoms. The summed E-state index contributed by atoms with van der Waals surface area (Å²) in [6.07, 6.45) is 2.86.